The second-order valence-electron chi connectivity index (χ2n) is 7.46. The van der Waals surface area contributed by atoms with Crippen LogP contribution >= 0.6 is 0 Å². The Labute approximate surface area is 116 Å². The van der Waals surface area contributed by atoms with Crippen LogP contribution in [0.1, 0.15) is 58.8 Å². The minimum Gasteiger partial charge on any atom is -0.337 e. The fraction of sp³-hybridized carbons (Fsp3) is 0.938. The van der Waals surface area contributed by atoms with Crippen molar-refractivity contribution in [3.8, 4) is 0 Å². The quantitative estimate of drug-likeness (QED) is 0.848. The van der Waals surface area contributed by atoms with E-state index in [0.29, 0.717) is 12.3 Å². The highest BCUT2D eigenvalue weighted by Gasteiger charge is 2.54. The first-order valence-electron chi connectivity index (χ1n) is 8.08. The van der Waals surface area contributed by atoms with E-state index in [0.717, 1.165) is 24.3 Å². The molecule has 4 fully saturated rings. The van der Waals surface area contributed by atoms with Gasteiger partial charge in [-0.05, 0) is 70.1 Å². The van der Waals surface area contributed by atoms with Crippen molar-refractivity contribution < 1.29 is 4.79 Å². The summed E-state index contributed by atoms with van der Waals surface area (Å²) >= 11 is 0. The molecule has 3 nitrogen and oxygen atoms in total. The molecule has 0 aromatic heterocycles. The molecule has 0 spiro atoms. The van der Waals surface area contributed by atoms with E-state index < -0.39 is 0 Å². The van der Waals surface area contributed by atoms with Gasteiger partial charge in [-0.25, -0.2) is 0 Å². The minimum absolute atomic E-state index is 0.0181. The SMILES string of the molecule is CCN(C(=O)CC(C)N)C12CC3CC(CC(C3)C1)C2. The van der Waals surface area contributed by atoms with E-state index in [1.165, 1.54) is 38.5 Å². The van der Waals surface area contributed by atoms with Crippen LogP contribution in [0.15, 0.2) is 0 Å². The lowest BCUT2D eigenvalue weighted by Crippen LogP contribution is -2.61. The molecule has 0 aromatic rings. The van der Waals surface area contributed by atoms with Crippen LogP contribution in [-0.2, 0) is 4.79 Å². The summed E-state index contributed by atoms with van der Waals surface area (Å²) < 4.78 is 0. The number of nitrogens with two attached hydrogens (primary N) is 1. The second kappa shape index (κ2) is 4.76. The van der Waals surface area contributed by atoms with E-state index in [1.54, 1.807) is 0 Å². The van der Waals surface area contributed by atoms with Crippen LogP contribution < -0.4 is 5.73 Å². The van der Waals surface area contributed by atoms with Crippen molar-refractivity contribution in [2.75, 3.05) is 6.54 Å². The van der Waals surface area contributed by atoms with Crippen molar-refractivity contribution in [2.45, 2.75) is 70.4 Å². The van der Waals surface area contributed by atoms with Crippen molar-refractivity contribution in [1.82, 2.24) is 4.90 Å². The Kier molecular flexibility index (Phi) is 3.36. The van der Waals surface area contributed by atoms with Gasteiger partial charge in [0.15, 0.2) is 0 Å². The van der Waals surface area contributed by atoms with E-state index in [1.807, 2.05) is 6.92 Å². The highest BCUT2D eigenvalue weighted by Crippen LogP contribution is 2.57. The van der Waals surface area contributed by atoms with Crippen LogP contribution in [0, 0.1) is 17.8 Å². The topological polar surface area (TPSA) is 46.3 Å². The highest BCUT2D eigenvalue weighted by atomic mass is 16.2. The number of nitrogens with zero attached hydrogens (tertiary/aromatic N) is 1. The molecule has 1 amide bonds. The van der Waals surface area contributed by atoms with Gasteiger partial charge in [0.1, 0.15) is 0 Å². The largest absolute Gasteiger partial charge is 0.337 e. The summed E-state index contributed by atoms with van der Waals surface area (Å²) in [6.07, 6.45) is 8.58. The summed E-state index contributed by atoms with van der Waals surface area (Å²) in [5.41, 5.74) is 6.03. The lowest BCUT2D eigenvalue weighted by molar-refractivity contribution is -0.150. The summed E-state index contributed by atoms with van der Waals surface area (Å²) in [7, 11) is 0. The monoisotopic (exact) mass is 264 g/mol. The average Bonchev–Trinajstić information content (AvgIpc) is 2.25. The van der Waals surface area contributed by atoms with Crippen LogP contribution in [0.2, 0.25) is 0 Å². The third-order valence-electron chi connectivity index (χ3n) is 5.69. The average molecular weight is 264 g/mol. The summed E-state index contributed by atoms with van der Waals surface area (Å²) in [4.78, 5) is 14.8. The van der Waals surface area contributed by atoms with Crippen molar-refractivity contribution >= 4 is 5.91 Å². The van der Waals surface area contributed by atoms with E-state index in [4.69, 9.17) is 5.73 Å². The van der Waals surface area contributed by atoms with Crippen molar-refractivity contribution in [2.24, 2.45) is 23.5 Å². The molecular weight excluding hydrogens is 236 g/mol. The Hall–Kier alpha value is -0.570. The molecule has 3 heteroatoms. The van der Waals surface area contributed by atoms with Crippen LogP contribution in [0.25, 0.3) is 0 Å². The molecule has 108 valence electrons. The zero-order valence-corrected chi connectivity index (χ0v) is 12.4. The Bertz CT molecular complexity index is 328. The summed E-state index contributed by atoms with van der Waals surface area (Å²) in [5.74, 6) is 2.97. The second-order valence-corrected chi connectivity index (χ2v) is 7.46. The van der Waals surface area contributed by atoms with Crippen LogP contribution in [0.3, 0.4) is 0 Å². The first-order valence-corrected chi connectivity index (χ1v) is 8.08. The molecule has 4 aliphatic rings. The molecule has 4 rings (SSSR count). The Morgan fingerprint density at radius 3 is 2.05 bits per heavy atom. The fourth-order valence-corrected chi connectivity index (χ4v) is 5.56. The molecule has 1 atom stereocenters. The van der Waals surface area contributed by atoms with Gasteiger partial charge in [-0.1, -0.05) is 0 Å². The zero-order chi connectivity index (χ0) is 13.6. The maximum atomic E-state index is 12.5. The van der Waals surface area contributed by atoms with Crippen LogP contribution in [-0.4, -0.2) is 28.9 Å². The Balaban J connectivity index is 1.80. The molecule has 4 saturated carbocycles. The Morgan fingerprint density at radius 2 is 1.68 bits per heavy atom. The first-order chi connectivity index (χ1) is 9.02. The zero-order valence-electron chi connectivity index (χ0n) is 12.4. The predicted octanol–water partition coefficient (Wildman–Crippen LogP) is 2.54. The van der Waals surface area contributed by atoms with Crippen LogP contribution in [0.4, 0.5) is 0 Å². The van der Waals surface area contributed by atoms with Gasteiger partial charge < -0.3 is 10.6 Å². The highest BCUT2D eigenvalue weighted by molar-refractivity contribution is 5.77. The normalized spacial score (nSPS) is 41.3. The summed E-state index contributed by atoms with van der Waals surface area (Å²) in [5, 5.41) is 0. The maximum absolute atomic E-state index is 12.5. The molecule has 0 radical (unpaired) electrons. The van der Waals surface area contributed by atoms with E-state index in [9.17, 15) is 4.79 Å². The molecule has 19 heavy (non-hydrogen) atoms. The number of carbonyl (C=O) groups is 1. The number of amides is 1. The number of hydrogen-bond acceptors (Lipinski definition) is 2. The molecule has 0 aromatic carbocycles. The third kappa shape index (κ3) is 2.31. The van der Waals surface area contributed by atoms with Gasteiger partial charge in [-0.2, -0.15) is 0 Å². The standard InChI is InChI=1S/C16H28N2O/c1-3-18(15(19)4-11(2)17)16-8-12-5-13(9-16)7-14(6-12)10-16/h11-14H,3-10,17H2,1-2H3. The van der Waals surface area contributed by atoms with Gasteiger partial charge in [0.25, 0.3) is 0 Å². The lowest BCUT2D eigenvalue weighted by atomic mass is 9.52. The van der Waals surface area contributed by atoms with Gasteiger partial charge >= 0.3 is 0 Å². The van der Waals surface area contributed by atoms with E-state index in [2.05, 4.69) is 11.8 Å². The molecule has 4 aliphatic carbocycles. The van der Waals surface area contributed by atoms with Gasteiger partial charge in [0.2, 0.25) is 5.91 Å². The van der Waals surface area contributed by atoms with Crippen molar-refractivity contribution in [1.29, 1.82) is 0 Å². The number of carbonyl (C=O) groups excluding carboxylic acids is 1. The first kappa shape index (κ1) is 13.4. The molecule has 0 aliphatic heterocycles. The number of rotatable bonds is 4. The molecular formula is C16H28N2O. The van der Waals surface area contributed by atoms with E-state index >= 15 is 0 Å². The molecule has 0 saturated heterocycles. The van der Waals surface area contributed by atoms with Crippen molar-refractivity contribution in [3.05, 3.63) is 0 Å². The predicted molar refractivity (Wildman–Crippen MR) is 76.6 cm³/mol. The summed E-state index contributed by atoms with van der Waals surface area (Å²) in [6.45, 7) is 4.93. The van der Waals surface area contributed by atoms with Gasteiger partial charge in [-0.3, -0.25) is 4.79 Å². The minimum atomic E-state index is -0.0181. The van der Waals surface area contributed by atoms with Crippen LogP contribution in [0.5, 0.6) is 0 Å². The third-order valence-corrected chi connectivity index (χ3v) is 5.69. The maximum Gasteiger partial charge on any atom is 0.224 e. The molecule has 0 heterocycles. The smallest absolute Gasteiger partial charge is 0.224 e. The molecule has 4 bridgehead atoms. The molecule has 1 unspecified atom stereocenters. The van der Waals surface area contributed by atoms with Gasteiger partial charge in [0.05, 0.1) is 0 Å². The van der Waals surface area contributed by atoms with Crippen molar-refractivity contribution in [3.63, 3.8) is 0 Å². The lowest BCUT2D eigenvalue weighted by Gasteiger charge is -2.60. The van der Waals surface area contributed by atoms with E-state index in [-0.39, 0.29) is 11.6 Å². The van der Waals surface area contributed by atoms with Gasteiger partial charge in [0, 0.05) is 24.5 Å². The number of hydrogen-bond donors (Lipinski definition) is 1. The summed E-state index contributed by atoms with van der Waals surface area (Å²) in [6, 6.07) is -0.0181. The Morgan fingerprint density at radius 1 is 1.21 bits per heavy atom. The molecule has 2 N–H and O–H groups in total. The fourth-order valence-electron chi connectivity index (χ4n) is 5.56. The van der Waals surface area contributed by atoms with Gasteiger partial charge in [-0.15, -0.1) is 0 Å².